The zero-order chi connectivity index (χ0) is 12.4. The molecule has 0 heterocycles. The van der Waals surface area contributed by atoms with Gasteiger partial charge in [-0.15, -0.1) is 0 Å². The van der Waals surface area contributed by atoms with E-state index >= 15 is 0 Å². The van der Waals surface area contributed by atoms with Gasteiger partial charge in [0.15, 0.2) is 0 Å². The van der Waals surface area contributed by atoms with Crippen LogP contribution in [0.4, 0.5) is 0 Å². The fourth-order valence-corrected chi connectivity index (χ4v) is 14.3. The van der Waals surface area contributed by atoms with Gasteiger partial charge in [-0.2, -0.15) is 0 Å². The van der Waals surface area contributed by atoms with Gasteiger partial charge in [0.25, 0.3) is 0 Å². The molecule has 4 nitrogen and oxygen atoms in total. The minimum atomic E-state index is -2.94. The van der Waals surface area contributed by atoms with Crippen LogP contribution in [-0.4, -0.2) is 57.7 Å². The van der Waals surface area contributed by atoms with E-state index < -0.39 is 17.7 Å². The third kappa shape index (κ3) is 3.73. The molecule has 0 aliphatic carbocycles. The van der Waals surface area contributed by atoms with Gasteiger partial charge in [-0.25, -0.2) is 0 Å². The van der Waals surface area contributed by atoms with Crippen molar-refractivity contribution in [3.8, 4) is 0 Å². The van der Waals surface area contributed by atoms with Crippen molar-refractivity contribution < 1.29 is 17.7 Å². The van der Waals surface area contributed by atoms with Gasteiger partial charge in [-0.05, 0) is 0 Å². The van der Waals surface area contributed by atoms with Crippen molar-refractivity contribution in [1.29, 1.82) is 0 Å². The Morgan fingerprint density at radius 3 is 1.07 bits per heavy atom. The van der Waals surface area contributed by atoms with Crippen molar-refractivity contribution in [2.75, 3.05) is 42.3 Å². The molecule has 0 aromatic heterocycles. The molecule has 0 saturated heterocycles. The fraction of sp³-hybridized carbons (Fsp3) is 1.00. The van der Waals surface area contributed by atoms with Crippen molar-refractivity contribution in [1.82, 2.24) is 9.91 Å². The van der Waals surface area contributed by atoms with E-state index in [-0.39, 0.29) is 5.54 Å². The van der Waals surface area contributed by atoms with Gasteiger partial charge in [0.1, 0.15) is 0 Å². The van der Waals surface area contributed by atoms with Crippen LogP contribution >= 0.6 is 0 Å². The molecule has 0 spiro atoms. The summed E-state index contributed by atoms with van der Waals surface area (Å²) in [5.74, 6) is 0. The van der Waals surface area contributed by atoms with Crippen LogP contribution in [0.1, 0.15) is 20.8 Å². The van der Waals surface area contributed by atoms with E-state index in [0.717, 1.165) is 0 Å². The van der Waals surface area contributed by atoms with E-state index in [1.807, 2.05) is 0 Å². The van der Waals surface area contributed by atoms with Crippen molar-refractivity contribution in [2.45, 2.75) is 26.3 Å². The Kier molecular flexibility index (Phi) is 5.31. The van der Waals surface area contributed by atoms with Crippen molar-refractivity contribution in [2.24, 2.45) is 3.34 Å². The summed E-state index contributed by atoms with van der Waals surface area (Å²) in [7, 11) is 12.9. The molecule has 0 aliphatic heterocycles. The minimum absolute atomic E-state index is 0.0251. The molecule has 0 amide bonds. The monoisotopic (exact) mass is 384 g/mol. The van der Waals surface area contributed by atoms with Crippen LogP contribution in [0, 0.1) is 0 Å². The van der Waals surface area contributed by atoms with E-state index in [1.54, 1.807) is 0 Å². The van der Waals surface area contributed by atoms with Crippen LogP contribution in [0.25, 0.3) is 0 Å². The number of rotatable bonds is 3. The summed E-state index contributed by atoms with van der Waals surface area (Å²) in [6, 6.07) is 0. The second-order valence-corrected chi connectivity index (χ2v) is 18.5. The van der Waals surface area contributed by atoms with Crippen molar-refractivity contribution in [3.05, 3.63) is 0 Å². The molecule has 0 aromatic rings. The van der Waals surface area contributed by atoms with Gasteiger partial charge in [0.05, 0.1) is 0 Å². The summed E-state index contributed by atoms with van der Waals surface area (Å²) in [6.07, 6.45) is 0. The molecule has 92 valence electrons. The van der Waals surface area contributed by atoms with E-state index in [2.05, 4.69) is 73.0 Å². The Morgan fingerprint density at radius 2 is 1.00 bits per heavy atom. The van der Waals surface area contributed by atoms with Crippen LogP contribution in [0.2, 0.25) is 0 Å². The standard InChI is InChI=1S/C4H9N.3C2H6N.Ta/c1-4(2,3)5;3*1-3-2;/h1-3H3;3*1-2H3;/q;3*-1;+3. The molecule has 0 radical (unpaired) electrons. The zero-order valence-electron chi connectivity index (χ0n) is 11.7. The van der Waals surface area contributed by atoms with Gasteiger partial charge < -0.3 is 0 Å². The van der Waals surface area contributed by atoms with Crippen LogP contribution in [0.3, 0.4) is 0 Å². The normalized spacial score (nSPS) is 14.1. The molecule has 0 bridgehead atoms. The molecular formula is C10H27N4Ta. The van der Waals surface area contributed by atoms with E-state index in [4.69, 9.17) is 3.34 Å². The molecule has 0 saturated carbocycles. The average molecular weight is 384 g/mol. The molecule has 15 heavy (non-hydrogen) atoms. The molecule has 0 unspecified atom stereocenters. The first-order valence-electron chi connectivity index (χ1n) is 5.21. The Labute approximate surface area is 99.6 Å². The summed E-state index contributed by atoms with van der Waals surface area (Å²) in [6.45, 7) is 6.53. The number of nitrogens with zero attached hydrogens (tertiary/aromatic N) is 4. The van der Waals surface area contributed by atoms with Gasteiger partial charge in [-0.1, -0.05) is 0 Å². The molecule has 0 rings (SSSR count). The summed E-state index contributed by atoms with van der Waals surface area (Å²) in [5, 5.41) is 0. The SMILES string of the molecule is C[N](C)[Ta](=[N]C(C)(C)C)([N](C)C)[N](C)C. The summed E-state index contributed by atoms with van der Waals surface area (Å²) in [4.78, 5) is 0. The fourth-order valence-electron chi connectivity index (χ4n) is 1.74. The van der Waals surface area contributed by atoms with E-state index in [9.17, 15) is 0 Å². The first kappa shape index (κ1) is 15.4. The van der Waals surface area contributed by atoms with Gasteiger partial charge in [0, 0.05) is 0 Å². The third-order valence-corrected chi connectivity index (χ3v) is 16.7. The molecule has 0 N–H and O–H groups in total. The van der Waals surface area contributed by atoms with Gasteiger partial charge >= 0.3 is 99.6 Å². The van der Waals surface area contributed by atoms with Gasteiger partial charge in [0.2, 0.25) is 0 Å². The molecule has 0 aromatic carbocycles. The second-order valence-electron chi connectivity index (χ2n) is 5.35. The topological polar surface area (TPSA) is 22.1 Å². The third-order valence-electron chi connectivity index (χ3n) is 2.04. The average Bonchev–Trinajstić information content (AvgIpc) is 1.96. The summed E-state index contributed by atoms with van der Waals surface area (Å²) < 4.78 is 12.1. The first-order valence-corrected chi connectivity index (χ1v) is 11.0. The Balaban J connectivity index is 5.65. The van der Waals surface area contributed by atoms with Crippen molar-refractivity contribution in [3.63, 3.8) is 0 Å². The van der Waals surface area contributed by atoms with E-state index in [0.29, 0.717) is 0 Å². The zero-order valence-corrected chi connectivity index (χ0v) is 14.9. The van der Waals surface area contributed by atoms with E-state index in [1.165, 1.54) is 0 Å². The molecule has 5 heteroatoms. The number of hydrogen-bond acceptors (Lipinski definition) is 1. The van der Waals surface area contributed by atoms with Crippen LogP contribution in [-0.2, 0) is 17.7 Å². The maximum atomic E-state index is 5.13. The maximum absolute atomic E-state index is 5.13. The first-order chi connectivity index (χ1) is 6.54. The molecule has 0 fully saturated rings. The van der Waals surface area contributed by atoms with Crippen LogP contribution < -0.4 is 0 Å². The Bertz CT molecular complexity index is 222. The Hall–Kier alpha value is 0.420. The molecule has 0 atom stereocenters. The predicted octanol–water partition coefficient (Wildman–Crippen LogP) is 1.55. The predicted molar refractivity (Wildman–Crippen MR) is 63.2 cm³/mol. The van der Waals surface area contributed by atoms with Crippen LogP contribution in [0.5, 0.6) is 0 Å². The number of hydrogen-bond donors (Lipinski definition) is 0. The quantitative estimate of drug-likeness (QED) is 0.738. The van der Waals surface area contributed by atoms with Crippen molar-refractivity contribution >= 4 is 0 Å². The molecular weight excluding hydrogens is 357 g/mol. The summed E-state index contributed by atoms with van der Waals surface area (Å²) >= 11 is -2.94. The van der Waals surface area contributed by atoms with Crippen LogP contribution in [0.15, 0.2) is 3.34 Å². The summed E-state index contributed by atoms with van der Waals surface area (Å²) in [5.41, 5.74) is 0.0251. The Morgan fingerprint density at radius 1 is 0.733 bits per heavy atom. The van der Waals surface area contributed by atoms with Gasteiger partial charge in [-0.3, -0.25) is 0 Å². The molecule has 0 aliphatic rings. The second kappa shape index (κ2) is 5.17.